The second-order valence-electron chi connectivity index (χ2n) is 10.9. The number of nitro groups is 1. The predicted molar refractivity (Wildman–Crippen MR) is 182 cm³/mol. The molecule has 2 amide bonds. The number of carbonyl (C=O) groups is 2. The molecule has 0 aliphatic carbocycles. The van der Waals surface area contributed by atoms with E-state index in [1.165, 1.54) is 50.3 Å². The average Bonchev–Trinajstić information content (AvgIpc) is 3.09. The first-order valence-electron chi connectivity index (χ1n) is 15.1. The highest BCUT2D eigenvalue weighted by Crippen LogP contribution is 2.30. The Hall–Kier alpha value is -5.43. The highest BCUT2D eigenvalue weighted by molar-refractivity contribution is 7.92. The number of nitrogens with one attached hydrogen (secondary N) is 1. The maximum absolute atomic E-state index is 14.5. The summed E-state index contributed by atoms with van der Waals surface area (Å²) >= 11 is 0. The Labute approximate surface area is 280 Å². The zero-order valence-corrected chi connectivity index (χ0v) is 28.0. The van der Waals surface area contributed by atoms with Crippen LogP contribution in [-0.4, -0.2) is 63.4 Å². The summed E-state index contributed by atoms with van der Waals surface area (Å²) in [6.45, 7) is 2.82. The van der Waals surface area contributed by atoms with E-state index in [-0.39, 0.29) is 34.8 Å². The number of amides is 2. The smallest absolute Gasteiger partial charge is 0.273 e. The van der Waals surface area contributed by atoms with E-state index in [0.29, 0.717) is 23.6 Å². The molecule has 0 aliphatic rings. The number of carbonyl (C=O) groups excluding carboxylic acids is 2. The van der Waals surface area contributed by atoms with Crippen molar-refractivity contribution in [2.45, 2.75) is 37.8 Å². The monoisotopic (exact) mass is 674 g/mol. The minimum absolute atomic E-state index is 0.0445. The molecular weight excluding hydrogens is 636 g/mol. The molecule has 0 saturated heterocycles. The third kappa shape index (κ3) is 8.48. The van der Waals surface area contributed by atoms with Gasteiger partial charge >= 0.3 is 0 Å². The zero-order chi connectivity index (χ0) is 34.8. The van der Waals surface area contributed by atoms with Gasteiger partial charge in [0.25, 0.3) is 15.7 Å². The number of anilines is 1. The number of methoxy groups -OCH3 is 2. The molecular formula is C35H38N4O8S. The van der Waals surface area contributed by atoms with E-state index in [0.717, 1.165) is 15.9 Å². The van der Waals surface area contributed by atoms with Crippen LogP contribution in [0.4, 0.5) is 11.4 Å². The summed E-state index contributed by atoms with van der Waals surface area (Å²) in [6, 6.07) is 24.8. The van der Waals surface area contributed by atoms with Crippen LogP contribution in [0.3, 0.4) is 0 Å². The van der Waals surface area contributed by atoms with Crippen molar-refractivity contribution in [3.05, 3.63) is 124 Å². The number of aryl methyl sites for hydroxylation is 1. The Balaban J connectivity index is 1.84. The quantitative estimate of drug-likeness (QED) is 0.138. The van der Waals surface area contributed by atoms with Gasteiger partial charge in [-0.05, 0) is 67.4 Å². The van der Waals surface area contributed by atoms with Crippen LogP contribution in [0.2, 0.25) is 0 Å². The van der Waals surface area contributed by atoms with Gasteiger partial charge in [0.15, 0.2) is 0 Å². The molecule has 4 rings (SSSR count). The van der Waals surface area contributed by atoms with Crippen LogP contribution < -0.4 is 19.1 Å². The molecule has 4 aromatic rings. The molecule has 0 bridgehead atoms. The first-order chi connectivity index (χ1) is 23.0. The standard InChI is InChI=1S/C35H38N4O8S/c1-5-36-35(41)33(21-26-10-7-6-8-11-26)37(23-27-12-9-13-30(20-27)47-4)34(40)24-38(28-15-17-29(46-3)18-16-28)48(44,45)31-19-14-25(2)32(22-31)39(42)43/h6-20,22,33H,5,21,23-24H2,1-4H3,(H,36,41)/t33-/m0/s1. The number of ether oxygens (including phenoxy) is 2. The summed E-state index contributed by atoms with van der Waals surface area (Å²) < 4.78 is 40.1. The maximum Gasteiger partial charge on any atom is 0.273 e. The van der Waals surface area contributed by atoms with Crippen molar-refractivity contribution in [3.8, 4) is 11.5 Å². The molecule has 1 atom stereocenters. The van der Waals surface area contributed by atoms with E-state index in [2.05, 4.69) is 5.32 Å². The topological polar surface area (TPSA) is 148 Å². The number of benzene rings is 4. The summed E-state index contributed by atoms with van der Waals surface area (Å²) in [5.74, 6) is -0.0928. The number of hydrogen-bond acceptors (Lipinski definition) is 8. The summed E-state index contributed by atoms with van der Waals surface area (Å²) in [6.07, 6.45) is 0.155. The van der Waals surface area contributed by atoms with Crippen molar-refractivity contribution in [1.29, 1.82) is 0 Å². The third-order valence-electron chi connectivity index (χ3n) is 7.71. The van der Waals surface area contributed by atoms with Gasteiger partial charge < -0.3 is 19.7 Å². The van der Waals surface area contributed by atoms with Gasteiger partial charge in [-0.2, -0.15) is 0 Å². The first kappa shape index (κ1) is 35.4. The number of nitro benzene ring substituents is 1. The van der Waals surface area contributed by atoms with E-state index < -0.39 is 39.3 Å². The Morgan fingerprint density at radius 1 is 0.875 bits per heavy atom. The number of rotatable bonds is 15. The molecule has 12 nitrogen and oxygen atoms in total. The molecule has 0 spiro atoms. The van der Waals surface area contributed by atoms with Crippen molar-refractivity contribution < 1.29 is 32.4 Å². The fourth-order valence-electron chi connectivity index (χ4n) is 5.16. The van der Waals surface area contributed by atoms with Crippen molar-refractivity contribution in [2.75, 3.05) is 31.6 Å². The molecule has 0 aliphatic heterocycles. The minimum atomic E-state index is -4.55. The van der Waals surface area contributed by atoms with Gasteiger partial charge in [0.1, 0.15) is 24.1 Å². The molecule has 13 heteroatoms. The third-order valence-corrected chi connectivity index (χ3v) is 9.48. The molecule has 48 heavy (non-hydrogen) atoms. The van der Waals surface area contributed by atoms with E-state index in [1.54, 1.807) is 43.3 Å². The van der Waals surface area contributed by atoms with E-state index in [1.807, 2.05) is 30.3 Å². The highest BCUT2D eigenvalue weighted by atomic mass is 32.2. The molecule has 1 N–H and O–H groups in total. The minimum Gasteiger partial charge on any atom is -0.497 e. The van der Waals surface area contributed by atoms with Crippen molar-refractivity contribution in [2.24, 2.45) is 0 Å². The fourth-order valence-corrected chi connectivity index (χ4v) is 6.60. The largest absolute Gasteiger partial charge is 0.497 e. The summed E-state index contributed by atoms with van der Waals surface area (Å²) in [4.78, 5) is 40.2. The molecule has 4 aromatic carbocycles. The van der Waals surface area contributed by atoms with Gasteiger partial charge in [0.2, 0.25) is 11.8 Å². The highest BCUT2D eigenvalue weighted by Gasteiger charge is 2.35. The van der Waals surface area contributed by atoms with Crippen molar-refractivity contribution >= 4 is 33.2 Å². The number of hydrogen-bond donors (Lipinski definition) is 1. The molecule has 252 valence electrons. The van der Waals surface area contributed by atoms with E-state index >= 15 is 0 Å². The summed E-state index contributed by atoms with van der Waals surface area (Å²) in [5.41, 5.74) is 1.46. The maximum atomic E-state index is 14.5. The number of sulfonamides is 1. The Kier molecular flexibility index (Phi) is 11.7. The number of nitrogens with zero attached hydrogens (tertiary/aromatic N) is 3. The zero-order valence-electron chi connectivity index (χ0n) is 27.2. The van der Waals surface area contributed by atoms with Crippen molar-refractivity contribution in [3.63, 3.8) is 0 Å². The van der Waals surface area contributed by atoms with Crippen LogP contribution in [0.25, 0.3) is 0 Å². The van der Waals surface area contributed by atoms with Crippen LogP contribution in [0.5, 0.6) is 11.5 Å². The molecule has 0 aromatic heterocycles. The van der Waals surface area contributed by atoms with Gasteiger partial charge in [0, 0.05) is 31.1 Å². The lowest BCUT2D eigenvalue weighted by molar-refractivity contribution is -0.385. The van der Waals surface area contributed by atoms with Gasteiger partial charge in [-0.1, -0.05) is 48.5 Å². The lowest BCUT2D eigenvalue weighted by Crippen LogP contribution is -2.53. The predicted octanol–water partition coefficient (Wildman–Crippen LogP) is 4.89. The molecule has 0 unspecified atom stereocenters. The van der Waals surface area contributed by atoms with E-state index in [4.69, 9.17) is 9.47 Å². The lowest BCUT2D eigenvalue weighted by atomic mass is 10.0. The van der Waals surface area contributed by atoms with Gasteiger partial charge in [-0.25, -0.2) is 8.42 Å². The van der Waals surface area contributed by atoms with Gasteiger partial charge in [-0.15, -0.1) is 0 Å². The summed E-state index contributed by atoms with van der Waals surface area (Å²) in [7, 11) is -1.58. The fraction of sp³-hybridized carbons (Fsp3) is 0.257. The van der Waals surface area contributed by atoms with Crippen LogP contribution in [0.15, 0.2) is 102 Å². The molecule has 0 radical (unpaired) electrons. The Bertz CT molecular complexity index is 1850. The second kappa shape index (κ2) is 15.9. The van der Waals surface area contributed by atoms with Gasteiger partial charge in [0.05, 0.1) is 29.7 Å². The first-order valence-corrected chi connectivity index (χ1v) is 16.6. The number of likely N-dealkylation sites (N-methyl/N-ethyl adjacent to an activating group) is 1. The molecule has 0 fully saturated rings. The van der Waals surface area contributed by atoms with Crippen LogP contribution in [-0.2, 0) is 32.6 Å². The van der Waals surface area contributed by atoms with Crippen LogP contribution in [0, 0.1) is 17.0 Å². The normalized spacial score (nSPS) is 11.7. The lowest BCUT2D eigenvalue weighted by Gasteiger charge is -2.34. The van der Waals surface area contributed by atoms with Crippen LogP contribution >= 0.6 is 0 Å². The molecule has 0 heterocycles. The van der Waals surface area contributed by atoms with Gasteiger partial charge in [-0.3, -0.25) is 24.0 Å². The van der Waals surface area contributed by atoms with Crippen LogP contribution in [0.1, 0.15) is 23.6 Å². The second-order valence-corrected chi connectivity index (χ2v) is 12.8. The van der Waals surface area contributed by atoms with Crippen molar-refractivity contribution in [1.82, 2.24) is 10.2 Å². The van der Waals surface area contributed by atoms with E-state index in [9.17, 15) is 28.1 Å². The average molecular weight is 675 g/mol. The Morgan fingerprint density at radius 2 is 1.54 bits per heavy atom. The Morgan fingerprint density at radius 3 is 2.17 bits per heavy atom. The molecule has 0 saturated carbocycles. The SMILES string of the molecule is CCNC(=O)[C@H](Cc1ccccc1)N(Cc1cccc(OC)c1)C(=O)CN(c1ccc(OC)cc1)S(=O)(=O)c1ccc(C)c([N+](=O)[O-])c1. The summed E-state index contributed by atoms with van der Waals surface area (Å²) in [5, 5.41) is 14.5.